The molecule has 0 amide bonds. The van der Waals surface area contributed by atoms with Crippen LogP contribution in [0.2, 0.25) is 0 Å². The van der Waals surface area contributed by atoms with E-state index in [0.29, 0.717) is 0 Å². The second-order valence-corrected chi connectivity index (χ2v) is 15.7. The Morgan fingerprint density at radius 3 is 1.30 bits per heavy atom. The number of anilines is 2. The Morgan fingerprint density at radius 2 is 0.885 bits per heavy atom. The van der Waals surface area contributed by atoms with E-state index in [1.165, 1.54) is 82.4 Å². The van der Waals surface area contributed by atoms with Gasteiger partial charge in [0.2, 0.25) is 0 Å². The molecule has 1 atom stereocenters. The van der Waals surface area contributed by atoms with Gasteiger partial charge in [-0.3, -0.25) is 0 Å². The van der Waals surface area contributed by atoms with E-state index in [1.807, 2.05) is 0 Å². The summed E-state index contributed by atoms with van der Waals surface area (Å²) in [6, 6.07) is 72.6. The van der Waals surface area contributed by atoms with E-state index in [0.717, 1.165) is 17.8 Å². The zero-order valence-corrected chi connectivity index (χ0v) is 34.9. The van der Waals surface area contributed by atoms with E-state index in [4.69, 9.17) is 0 Å². The van der Waals surface area contributed by atoms with Gasteiger partial charge in [-0.1, -0.05) is 206 Å². The third kappa shape index (κ3) is 8.24. The van der Waals surface area contributed by atoms with E-state index in [-0.39, 0.29) is 6.04 Å². The molecule has 0 aromatic heterocycles. The van der Waals surface area contributed by atoms with E-state index in [2.05, 4.69) is 256 Å². The molecule has 294 valence electrons. The van der Waals surface area contributed by atoms with Crippen molar-refractivity contribution < 1.29 is 0 Å². The van der Waals surface area contributed by atoms with Crippen LogP contribution in [0.3, 0.4) is 0 Å². The first kappa shape index (κ1) is 39.0. The fourth-order valence-corrected chi connectivity index (χ4v) is 8.71. The summed E-state index contributed by atoms with van der Waals surface area (Å²) >= 11 is 0. The van der Waals surface area contributed by atoms with Crippen molar-refractivity contribution >= 4 is 49.8 Å². The average Bonchev–Trinajstić information content (AvgIpc) is 3.33. The first-order valence-electron chi connectivity index (χ1n) is 21.2. The van der Waals surface area contributed by atoms with Gasteiger partial charge in [0.1, 0.15) is 0 Å². The van der Waals surface area contributed by atoms with Crippen LogP contribution in [0.4, 0.5) is 11.4 Å². The van der Waals surface area contributed by atoms with Crippen molar-refractivity contribution in [2.45, 2.75) is 26.3 Å². The van der Waals surface area contributed by atoms with Crippen molar-refractivity contribution in [2.75, 3.05) is 4.90 Å². The lowest BCUT2D eigenvalue weighted by molar-refractivity contribution is 0.774. The highest BCUT2D eigenvalue weighted by Crippen LogP contribution is 2.38. The van der Waals surface area contributed by atoms with E-state index >= 15 is 0 Å². The predicted octanol–water partition coefficient (Wildman–Crippen LogP) is 16.8. The van der Waals surface area contributed by atoms with Gasteiger partial charge in [-0.25, -0.2) is 0 Å². The summed E-state index contributed by atoms with van der Waals surface area (Å²) in [6.45, 7) is 8.77. The Labute approximate surface area is 360 Å². The summed E-state index contributed by atoms with van der Waals surface area (Å²) in [5, 5.41) is 7.52. The Morgan fingerprint density at radius 1 is 0.492 bits per heavy atom. The third-order valence-corrected chi connectivity index (χ3v) is 11.9. The van der Waals surface area contributed by atoms with Gasteiger partial charge in [-0.05, 0) is 127 Å². The fourth-order valence-electron chi connectivity index (χ4n) is 8.71. The molecule has 0 aliphatic rings. The monoisotopic (exact) mass is 783 g/mol. The van der Waals surface area contributed by atoms with E-state index < -0.39 is 0 Å². The predicted molar refractivity (Wildman–Crippen MR) is 265 cm³/mol. The number of nitrogens with zero attached hydrogens (tertiary/aromatic N) is 1. The minimum absolute atomic E-state index is 0.0537. The Hall–Kier alpha value is -7.48. The van der Waals surface area contributed by atoms with Crippen molar-refractivity contribution in [3.8, 4) is 33.4 Å². The highest BCUT2D eigenvalue weighted by molar-refractivity contribution is 5.99. The van der Waals surface area contributed by atoms with Gasteiger partial charge in [0, 0.05) is 11.4 Å². The largest absolute Gasteiger partial charge is 0.334 e. The topological polar surface area (TPSA) is 3.24 Å². The van der Waals surface area contributed by atoms with Crippen LogP contribution in [0.15, 0.2) is 242 Å². The van der Waals surface area contributed by atoms with Gasteiger partial charge in [-0.2, -0.15) is 0 Å². The lowest BCUT2D eigenvalue weighted by Crippen LogP contribution is -2.30. The van der Waals surface area contributed by atoms with Gasteiger partial charge in [0.05, 0.1) is 6.04 Å². The summed E-state index contributed by atoms with van der Waals surface area (Å²) in [5.41, 5.74) is 13.2. The molecule has 0 saturated heterocycles. The van der Waals surface area contributed by atoms with E-state index in [9.17, 15) is 0 Å². The SMILES string of the molecule is C=CC(CC(=C/c1ccc(-c2cccc3ccccc23)cc1)/C(C)=C/C=C\C)N(c1ccc(-c2cccc3ccccc23)cc1)c1ccc(-c2cccc3ccccc23)cc1. The number of fused-ring (bicyclic) bond motifs is 3. The summed E-state index contributed by atoms with van der Waals surface area (Å²) in [7, 11) is 0. The number of allylic oxidation sites excluding steroid dienone is 4. The van der Waals surface area contributed by atoms with Crippen molar-refractivity contribution in [1.82, 2.24) is 0 Å². The molecule has 0 saturated carbocycles. The molecule has 9 aromatic carbocycles. The maximum atomic E-state index is 4.48. The Balaban J connectivity index is 1.10. The molecule has 1 unspecified atom stereocenters. The molecule has 1 nitrogen and oxygen atoms in total. The van der Waals surface area contributed by atoms with Crippen LogP contribution in [0.5, 0.6) is 0 Å². The number of hydrogen-bond acceptors (Lipinski definition) is 1. The highest BCUT2D eigenvalue weighted by atomic mass is 15.2. The van der Waals surface area contributed by atoms with Gasteiger partial charge < -0.3 is 4.90 Å². The minimum atomic E-state index is -0.0537. The van der Waals surface area contributed by atoms with Crippen LogP contribution in [-0.2, 0) is 0 Å². The van der Waals surface area contributed by atoms with E-state index in [1.54, 1.807) is 0 Å². The number of hydrogen-bond donors (Lipinski definition) is 0. The van der Waals surface area contributed by atoms with Gasteiger partial charge in [0.25, 0.3) is 0 Å². The van der Waals surface area contributed by atoms with Crippen molar-refractivity contribution in [3.05, 3.63) is 248 Å². The molecule has 0 bridgehead atoms. The molecule has 9 rings (SSSR count). The van der Waals surface area contributed by atoms with Crippen molar-refractivity contribution in [2.24, 2.45) is 0 Å². The molecule has 0 radical (unpaired) electrons. The smallest absolute Gasteiger partial charge is 0.0560 e. The van der Waals surface area contributed by atoms with Gasteiger partial charge in [-0.15, -0.1) is 6.58 Å². The number of rotatable bonds is 12. The molecular weight excluding hydrogens is 735 g/mol. The quantitative estimate of drug-likeness (QED) is 0.0881. The van der Waals surface area contributed by atoms with Crippen LogP contribution < -0.4 is 4.90 Å². The zero-order valence-electron chi connectivity index (χ0n) is 34.9. The highest BCUT2D eigenvalue weighted by Gasteiger charge is 2.21. The molecule has 1 heteroatoms. The second kappa shape index (κ2) is 17.8. The zero-order chi connectivity index (χ0) is 41.5. The number of benzene rings is 9. The molecule has 61 heavy (non-hydrogen) atoms. The van der Waals surface area contributed by atoms with Gasteiger partial charge >= 0.3 is 0 Å². The molecule has 0 heterocycles. The standard InChI is InChI=1S/C60H49N/c1-4-6-16-43(3)51(41-44-29-31-48(32-30-44)58-26-13-20-45-17-7-10-23-55(45)58)42-52(5-2)61(53-37-33-49(34-38-53)59-27-14-21-46-18-8-11-24-56(46)59)54-39-35-50(36-40-54)60-28-15-22-47-19-9-12-25-57(47)60/h4-41,52H,2,42H2,1,3H3/b6-4-,43-16+,51-41-. The fraction of sp³-hybridized carbons (Fsp3) is 0.0667. The molecular formula is C60H49N. The minimum Gasteiger partial charge on any atom is -0.334 e. The van der Waals surface area contributed by atoms with Crippen molar-refractivity contribution in [3.63, 3.8) is 0 Å². The van der Waals surface area contributed by atoms with Crippen molar-refractivity contribution in [1.29, 1.82) is 0 Å². The maximum Gasteiger partial charge on any atom is 0.0560 e. The summed E-state index contributed by atoms with van der Waals surface area (Å²) in [5.74, 6) is 0. The van der Waals surface area contributed by atoms with Crippen LogP contribution in [-0.4, -0.2) is 6.04 Å². The molecule has 0 N–H and O–H groups in total. The molecule has 0 spiro atoms. The lowest BCUT2D eigenvalue weighted by atomic mass is 9.93. The Bertz CT molecular complexity index is 2930. The van der Waals surface area contributed by atoms with Crippen LogP contribution >= 0.6 is 0 Å². The normalized spacial score (nSPS) is 12.6. The second-order valence-electron chi connectivity index (χ2n) is 15.7. The first-order chi connectivity index (χ1) is 30.1. The average molecular weight is 784 g/mol. The lowest BCUT2D eigenvalue weighted by Gasteiger charge is -2.33. The third-order valence-electron chi connectivity index (χ3n) is 11.9. The Kier molecular flexibility index (Phi) is 11.4. The molecule has 0 fully saturated rings. The van der Waals surface area contributed by atoms with Gasteiger partial charge in [0.15, 0.2) is 0 Å². The van der Waals surface area contributed by atoms with Crippen LogP contribution in [0.25, 0.3) is 71.8 Å². The summed E-state index contributed by atoms with van der Waals surface area (Å²) < 4.78 is 0. The molecule has 0 aliphatic heterocycles. The molecule has 9 aromatic rings. The maximum absolute atomic E-state index is 4.48. The first-order valence-corrected chi connectivity index (χ1v) is 21.2. The van der Waals surface area contributed by atoms with Crippen LogP contribution in [0.1, 0.15) is 25.8 Å². The summed E-state index contributed by atoms with van der Waals surface area (Å²) in [4.78, 5) is 2.45. The molecule has 0 aliphatic carbocycles. The summed E-state index contributed by atoms with van der Waals surface area (Å²) in [6.07, 6.45) is 11.7. The van der Waals surface area contributed by atoms with Crippen LogP contribution in [0, 0.1) is 0 Å².